The molecule has 3 aromatic carbocycles. The molecule has 0 aromatic heterocycles. The summed E-state index contributed by atoms with van der Waals surface area (Å²) in [6.45, 7) is 2.48. The van der Waals surface area contributed by atoms with E-state index in [9.17, 15) is 4.79 Å². The maximum Gasteiger partial charge on any atom is 0.250 e. The minimum absolute atomic E-state index is 0.229. The summed E-state index contributed by atoms with van der Waals surface area (Å²) in [5.41, 5.74) is 3.74. The van der Waals surface area contributed by atoms with Gasteiger partial charge in [0.05, 0.1) is 0 Å². The van der Waals surface area contributed by atoms with Crippen LogP contribution in [-0.2, 0) is 16.2 Å². The van der Waals surface area contributed by atoms with E-state index in [4.69, 9.17) is 11.6 Å². The van der Waals surface area contributed by atoms with Gasteiger partial charge in [-0.3, -0.25) is 4.79 Å². The van der Waals surface area contributed by atoms with Gasteiger partial charge >= 0.3 is 0 Å². The molecule has 1 N–H and O–H groups in total. The Morgan fingerprint density at radius 2 is 1.32 bits per heavy atom. The highest BCUT2D eigenvalue weighted by molar-refractivity contribution is 6.37. The van der Waals surface area contributed by atoms with Crippen LogP contribution in [0.1, 0.15) is 22.3 Å². The fourth-order valence-corrected chi connectivity index (χ4v) is 3.09. The smallest absolute Gasteiger partial charge is 0.250 e. The summed E-state index contributed by atoms with van der Waals surface area (Å²) < 4.78 is 0. The Kier molecular flexibility index (Phi) is 5.20. The zero-order chi connectivity index (χ0) is 17.7. The van der Waals surface area contributed by atoms with Crippen molar-refractivity contribution in [3.63, 3.8) is 0 Å². The lowest BCUT2D eigenvalue weighted by molar-refractivity contribution is -0.123. The zero-order valence-corrected chi connectivity index (χ0v) is 14.8. The van der Waals surface area contributed by atoms with Crippen molar-refractivity contribution in [2.45, 2.75) is 18.3 Å². The molecule has 3 heteroatoms. The minimum atomic E-state index is -1.26. The van der Waals surface area contributed by atoms with Gasteiger partial charge in [0.15, 0.2) is 4.87 Å². The van der Waals surface area contributed by atoms with Crippen molar-refractivity contribution < 1.29 is 4.79 Å². The number of aryl methyl sites for hydroxylation is 1. The van der Waals surface area contributed by atoms with E-state index in [0.717, 1.165) is 16.7 Å². The van der Waals surface area contributed by atoms with Crippen LogP contribution in [0.4, 0.5) is 0 Å². The monoisotopic (exact) mass is 349 g/mol. The number of amides is 1. The highest BCUT2D eigenvalue weighted by Crippen LogP contribution is 2.37. The summed E-state index contributed by atoms with van der Waals surface area (Å²) in [7, 11) is 0. The van der Waals surface area contributed by atoms with Crippen LogP contribution in [0.2, 0.25) is 0 Å². The summed E-state index contributed by atoms with van der Waals surface area (Å²) in [5, 5.41) is 2.99. The maximum absolute atomic E-state index is 13.1. The zero-order valence-electron chi connectivity index (χ0n) is 14.1. The van der Waals surface area contributed by atoms with Gasteiger partial charge in [0.25, 0.3) is 5.91 Å². The summed E-state index contributed by atoms with van der Waals surface area (Å²) in [6.07, 6.45) is 0. The van der Waals surface area contributed by atoms with Gasteiger partial charge in [-0.05, 0) is 23.6 Å². The molecule has 0 aliphatic rings. The first-order valence-electron chi connectivity index (χ1n) is 8.24. The van der Waals surface area contributed by atoms with E-state index < -0.39 is 4.87 Å². The van der Waals surface area contributed by atoms with Gasteiger partial charge in [-0.1, -0.05) is 102 Å². The second kappa shape index (κ2) is 7.54. The molecule has 0 saturated carbocycles. The number of hydrogen-bond acceptors (Lipinski definition) is 1. The van der Waals surface area contributed by atoms with Crippen molar-refractivity contribution in [3.8, 4) is 0 Å². The molecule has 0 heterocycles. The first-order valence-corrected chi connectivity index (χ1v) is 8.62. The largest absolute Gasteiger partial charge is 0.350 e. The molecule has 0 aliphatic heterocycles. The van der Waals surface area contributed by atoms with E-state index >= 15 is 0 Å². The molecule has 0 spiro atoms. The first kappa shape index (κ1) is 17.2. The topological polar surface area (TPSA) is 29.1 Å². The van der Waals surface area contributed by atoms with Crippen molar-refractivity contribution in [2.75, 3.05) is 0 Å². The molecular formula is C22H20ClNO. The van der Waals surface area contributed by atoms with Gasteiger partial charge in [-0.25, -0.2) is 0 Å². The van der Waals surface area contributed by atoms with Crippen LogP contribution >= 0.6 is 11.6 Å². The molecule has 2 nitrogen and oxygen atoms in total. The molecule has 0 radical (unpaired) electrons. The minimum Gasteiger partial charge on any atom is -0.350 e. The number of halogens is 1. The van der Waals surface area contributed by atoms with Crippen LogP contribution in [0.5, 0.6) is 0 Å². The maximum atomic E-state index is 13.1. The Morgan fingerprint density at radius 3 is 1.80 bits per heavy atom. The molecular weight excluding hydrogens is 330 g/mol. The number of nitrogens with one attached hydrogen (secondary N) is 1. The highest BCUT2D eigenvalue weighted by Gasteiger charge is 2.39. The van der Waals surface area contributed by atoms with E-state index in [1.165, 1.54) is 5.56 Å². The molecule has 126 valence electrons. The van der Waals surface area contributed by atoms with E-state index in [1.54, 1.807) is 0 Å². The predicted molar refractivity (Wildman–Crippen MR) is 103 cm³/mol. The first-order chi connectivity index (χ1) is 12.1. The number of carbonyl (C=O) groups is 1. The molecule has 0 saturated heterocycles. The van der Waals surface area contributed by atoms with Gasteiger partial charge in [-0.2, -0.15) is 0 Å². The van der Waals surface area contributed by atoms with Gasteiger partial charge in [0.1, 0.15) is 0 Å². The average molecular weight is 350 g/mol. The van der Waals surface area contributed by atoms with E-state index in [1.807, 2.05) is 91.9 Å². The third-order valence-corrected chi connectivity index (χ3v) is 4.84. The van der Waals surface area contributed by atoms with Crippen LogP contribution in [0, 0.1) is 6.92 Å². The van der Waals surface area contributed by atoms with Gasteiger partial charge in [0, 0.05) is 6.54 Å². The standard InChI is InChI=1S/C22H20ClNO/c1-17-12-14-18(15-13-17)16-24-21(25)22(23,19-8-4-2-5-9-19)20-10-6-3-7-11-20/h2-15H,16H2,1H3,(H,24,25). The van der Waals surface area contributed by atoms with Crippen LogP contribution in [0.25, 0.3) is 0 Å². The molecule has 0 aliphatic carbocycles. The fraction of sp³-hybridized carbons (Fsp3) is 0.136. The number of benzene rings is 3. The quantitative estimate of drug-likeness (QED) is 0.659. The number of alkyl halides is 1. The van der Waals surface area contributed by atoms with Crippen molar-refractivity contribution in [3.05, 3.63) is 107 Å². The molecule has 0 fully saturated rings. The lowest BCUT2D eigenvalue weighted by atomic mass is 9.89. The third-order valence-electron chi connectivity index (χ3n) is 4.23. The van der Waals surface area contributed by atoms with Gasteiger partial charge in [0.2, 0.25) is 0 Å². The van der Waals surface area contributed by atoms with Crippen LogP contribution < -0.4 is 5.32 Å². The second-order valence-corrected chi connectivity index (χ2v) is 6.63. The Morgan fingerprint density at radius 1 is 0.840 bits per heavy atom. The molecule has 3 rings (SSSR count). The Balaban J connectivity index is 1.89. The number of carbonyl (C=O) groups excluding carboxylic acids is 1. The molecule has 3 aromatic rings. The third kappa shape index (κ3) is 3.75. The van der Waals surface area contributed by atoms with Crippen LogP contribution in [-0.4, -0.2) is 5.91 Å². The van der Waals surface area contributed by atoms with Crippen molar-refractivity contribution >= 4 is 17.5 Å². The van der Waals surface area contributed by atoms with Crippen LogP contribution in [0.3, 0.4) is 0 Å². The normalized spacial score (nSPS) is 11.1. The Bertz CT molecular complexity index is 789. The van der Waals surface area contributed by atoms with Crippen molar-refractivity contribution in [1.29, 1.82) is 0 Å². The molecule has 25 heavy (non-hydrogen) atoms. The lowest BCUT2D eigenvalue weighted by Crippen LogP contribution is -2.41. The van der Waals surface area contributed by atoms with E-state index in [2.05, 4.69) is 5.32 Å². The lowest BCUT2D eigenvalue weighted by Gasteiger charge is -2.27. The molecule has 0 bridgehead atoms. The summed E-state index contributed by atoms with van der Waals surface area (Å²) in [6, 6.07) is 27.0. The van der Waals surface area contributed by atoms with E-state index in [0.29, 0.717) is 6.54 Å². The second-order valence-electron chi connectivity index (χ2n) is 6.06. The summed E-state index contributed by atoms with van der Waals surface area (Å²) in [5.74, 6) is -0.229. The van der Waals surface area contributed by atoms with Crippen molar-refractivity contribution in [1.82, 2.24) is 5.32 Å². The van der Waals surface area contributed by atoms with Crippen molar-refractivity contribution in [2.24, 2.45) is 0 Å². The Labute approximate surface area is 153 Å². The Hall–Kier alpha value is -2.58. The van der Waals surface area contributed by atoms with Crippen LogP contribution in [0.15, 0.2) is 84.9 Å². The van der Waals surface area contributed by atoms with Gasteiger partial charge in [-0.15, -0.1) is 0 Å². The number of rotatable bonds is 5. The molecule has 1 amide bonds. The number of hydrogen-bond donors (Lipinski definition) is 1. The van der Waals surface area contributed by atoms with E-state index in [-0.39, 0.29) is 5.91 Å². The molecule has 0 unspecified atom stereocenters. The predicted octanol–water partition coefficient (Wildman–Crippen LogP) is 4.79. The highest BCUT2D eigenvalue weighted by atomic mass is 35.5. The van der Waals surface area contributed by atoms with Gasteiger partial charge < -0.3 is 5.32 Å². The fourth-order valence-electron chi connectivity index (χ4n) is 2.77. The summed E-state index contributed by atoms with van der Waals surface area (Å²) in [4.78, 5) is 11.8. The molecule has 0 atom stereocenters. The SMILES string of the molecule is Cc1ccc(CNC(=O)C(Cl)(c2ccccc2)c2ccccc2)cc1. The average Bonchev–Trinajstić information content (AvgIpc) is 2.68. The summed E-state index contributed by atoms with van der Waals surface area (Å²) >= 11 is 6.92.